The quantitative estimate of drug-likeness (QED) is 0.312. The van der Waals surface area contributed by atoms with Crippen LogP contribution in [0, 0.1) is 6.92 Å². The number of benzene rings is 3. The Morgan fingerprint density at radius 3 is 2.21 bits per heavy atom. The number of hydrogen-bond acceptors (Lipinski definition) is 4. The number of halogens is 1. The van der Waals surface area contributed by atoms with E-state index in [1.807, 2.05) is 37.3 Å². The van der Waals surface area contributed by atoms with Gasteiger partial charge in [-0.1, -0.05) is 73.5 Å². The predicted octanol–water partition coefficient (Wildman–Crippen LogP) is 5.18. The van der Waals surface area contributed by atoms with Gasteiger partial charge in [-0.2, -0.15) is 0 Å². The minimum absolute atomic E-state index is 0.0120. The van der Waals surface area contributed by atoms with Crippen LogP contribution in [0.4, 0.5) is 5.69 Å². The number of amides is 2. The lowest BCUT2D eigenvalue weighted by Crippen LogP contribution is -2.51. The molecule has 1 N–H and O–H groups in total. The average molecular weight is 556 g/mol. The van der Waals surface area contributed by atoms with Crippen LogP contribution in [-0.4, -0.2) is 44.3 Å². The predicted molar refractivity (Wildman–Crippen MR) is 152 cm³/mol. The Kier molecular flexibility index (Phi) is 10.3. The van der Waals surface area contributed by atoms with Crippen molar-refractivity contribution < 1.29 is 18.0 Å². The zero-order valence-corrected chi connectivity index (χ0v) is 23.5. The van der Waals surface area contributed by atoms with E-state index < -0.39 is 28.5 Å². The van der Waals surface area contributed by atoms with Crippen LogP contribution >= 0.6 is 11.6 Å². The van der Waals surface area contributed by atoms with Gasteiger partial charge in [-0.05, 0) is 61.7 Å². The first kappa shape index (κ1) is 29.2. The Bertz CT molecular complexity index is 1330. The summed E-state index contributed by atoms with van der Waals surface area (Å²) < 4.78 is 28.8. The van der Waals surface area contributed by atoms with Gasteiger partial charge >= 0.3 is 0 Å². The highest BCUT2D eigenvalue weighted by Crippen LogP contribution is 2.28. The van der Waals surface area contributed by atoms with E-state index in [-0.39, 0.29) is 17.3 Å². The Morgan fingerprint density at radius 2 is 1.58 bits per heavy atom. The fraction of sp³-hybridized carbons (Fsp3) is 0.310. The van der Waals surface area contributed by atoms with Crippen LogP contribution in [0.25, 0.3) is 0 Å². The van der Waals surface area contributed by atoms with Crippen molar-refractivity contribution in [2.45, 2.75) is 51.1 Å². The molecule has 2 amide bonds. The maximum absolute atomic E-state index is 13.9. The highest BCUT2D eigenvalue weighted by molar-refractivity contribution is 7.92. The number of anilines is 1. The summed E-state index contributed by atoms with van der Waals surface area (Å²) >= 11 is 5.99. The standard InChI is InChI=1S/C29H34ClN3O4S/c1-4-5-19-31-29(35)23(3)32(20-24-12-7-6-8-13-24)28(34)21-33(27-14-10-9-11-22(27)2)38(36,37)26-17-15-25(30)16-18-26/h6-18,23H,4-5,19-21H2,1-3H3,(H,31,35). The molecule has 202 valence electrons. The van der Waals surface area contributed by atoms with Crippen molar-refractivity contribution in [3.8, 4) is 0 Å². The lowest BCUT2D eigenvalue weighted by molar-refractivity contribution is -0.139. The third kappa shape index (κ3) is 7.36. The second kappa shape index (κ2) is 13.4. The van der Waals surface area contributed by atoms with Crippen molar-refractivity contribution in [3.63, 3.8) is 0 Å². The topological polar surface area (TPSA) is 86.8 Å². The number of nitrogens with zero attached hydrogens (tertiary/aromatic N) is 2. The van der Waals surface area contributed by atoms with Crippen molar-refractivity contribution in [3.05, 3.63) is 95.0 Å². The summed E-state index contributed by atoms with van der Waals surface area (Å²) in [4.78, 5) is 28.3. The Hall–Kier alpha value is -3.36. The SMILES string of the molecule is CCCCNC(=O)C(C)N(Cc1ccccc1)C(=O)CN(c1ccccc1C)S(=O)(=O)c1ccc(Cl)cc1. The fourth-order valence-corrected chi connectivity index (χ4v) is 5.59. The molecule has 0 aliphatic heterocycles. The molecule has 0 saturated carbocycles. The minimum Gasteiger partial charge on any atom is -0.354 e. The zero-order chi connectivity index (χ0) is 27.7. The van der Waals surface area contributed by atoms with E-state index in [0.29, 0.717) is 22.8 Å². The Balaban J connectivity index is 1.99. The summed E-state index contributed by atoms with van der Waals surface area (Å²) in [5, 5.41) is 3.29. The van der Waals surface area contributed by atoms with E-state index in [4.69, 9.17) is 11.6 Å². The van der Waals surface area contributed by atoms with Gasteiger partial charge in [0, 0.05) is 18.1 Å². The van der Waals surface area contributed by atoms with Gasteiger partial charge in [-0.25, -0.2) is 8.42 Å². The van der Waals surface area contributed by atoms with Gasteiger partial charge in [-0.3, -0.25) is 13.9 Å². The van der Waals surface area contributed by atoms with E-state index in [0.717, 1.165) is 22.7 Å². The largest absolute Gasteiger partial charge is 0.354 e. The first-order valence-corrected chi connectivity index (χ1v) is 14.4. The van der Waals surface area contributed by atoms with Crippen molar-refractivity contribution in [1.82, 2.24) is 10.2 Å². The molecular formula is C29H34ClN3O4S. The van der Waals surface area contributed by atoms with Gasteiger partial charge in [0.1, 0.15) is 12.6 Å². The maximum Gasteiger partial charge on any atom is 0.264 e. The monoisotopic (exact) mass is 555 g/mol. The minimum atomic E-state index is -4.13. The molecule has 0 saturated heterocycles. The lowest BCUT2D eigenvalue weighted by atomic mass is 10.1. The number of carbonyl (C=O) groups is 2. The van der Waals surface area contributed by atoms with E-state index in [1.165, 1.54) is 29.2 Å². The number of hydrogen-bond donors (Lipinski definition) is 1. The summed E-state index contributed by atoms with van der Waals surface area (Å²) in [5.41, 5.74) is 1.91. The molecule has 0 aliphatic rings. The van der Waals surface area contributed by atoms with Crippen molar-refractivity contribution in [2.75, 3.05) is 17.4 Å². The summed E-state index contributed by atoms with van der Waals surface area (Å²) in [6, 6.07) is 21.3. The third-order valence-corrected chi connectivity index (χ3v) is 8.28. The molecule has 0 aliphatic carbocycles. The molecule has 3 rings (SSSR count). The first-order valence-electron chi connectivity index (χ1n) is 12.6. The zero-order valence-electron chi connectivity index (χ0n) is 21.9. The molecule has 0 bridgehead atoms. The maximum atomic E-state index is 13.9. The van der Waals surface area contributed by atoms with Gasteiger partial charge in [0.05, 0.1) is 10.6 Å². The molecule has 1 atom stereocenters. The molecule has 1 unspecified atom stereocenters. The van der Waals surface area contributed by atoms with Crippen molar-refractivity contribution >= 4 is 39.1 Å². The van der Waals surface area contributed by atoms with Gasteiger partial charge in [-0.15, -0.1) is 0 Å². The molecule has 3 aromatic rings. The van der Waals surface area contributed by atoms with Crippen molar-refractivity contribution in [1.29, 1.82) is 0 Å². The molecule has 7 nitrogen and oxygen atoms in total. The molecule has 0 spiro atoms. The van der Waals surface area contributed by atoms with Crippen LogP contribution in [0.1, 0.15) is 37.8 Å². The van der Waals surface area contributed by atoms with Crippen LogP contribution in [0.2, 0.25) is 5.02 Å². The summed E-state index contributed by atoms with van der Waals surface area (Å²) in [6.45, 7) is 5.67. The highest BCUT2D eigenvalue weighted by atomic mass is 35.5. The number of sulfonamides is 1. The van der Waals surface area contributed by atoms with Gasteiger partial charge in [0.2, 0.25) is 11.8 Å². The molecule has 0 radical (unpaired) electrons. The number of aryl methyl sites for hydroxylation is 1. The van der Waals surface area contributed by atoms with E-state index in [9.17, 15) is 18.0 Å². The number of nitrogens with one attached hydrogen (secondary N) is 1. The molecule has 0 heterocycles. The van der Waals surface area contributed by atoms with Crippen molar-refractivity contribution in [2.24, 2.45) is 0 Å². The Morgan fingerprint density at radius 1 is 0.947 bits per heavy atom. The van der Waals surface area contributed by atoms with Gasteiger partial charge in [0.15, 0.2) is 0 Å². The van der Waals surface area contributed by atoms with Gasteiger partial charge < -0.3 is 10.2 Å². The molecule has 0 aromatic heterocycles. The molecule has 38 heavy (non-hydrogen) atoms. The summed E-state index contributed by atoms with van der Waals surface area (Å²) in [6.07, 6.45) is 1.75. The number of para-hydroxylation sites is 1. The van der Waals surface area contributed by atoms with E-state index in [1.54, 1.807) is 38.1 Å². The van der Waals surface area contributed by atoms with Crippen LogP contribution in [-0.2, 0) is 26.2 Å². The Labute approximate surface area is 230 Å². The smallest absolute Gasteiger partial charge is 0.264 e. The molecule has 0 fully saturated rings. The van der Waals surface area contributed by atoms with Gasteiger partial charge in [0.25, 0.3) is 10.0 Å². The first-order chi connectivity index (χ1) is 18.1. The van der Waals surface area contributed by atoms with Crippen LogP contribution in [0.15, 0.2) is 83.8 Å². The average Bonchev–Trinajstić information content (AvgIpc) is 2.91. The van der Waals surface area contributed by atoms with E-state index in [2.05, 4.69) is 5.32 Å². The van der Waals surface area contributed by atoms with Crippen LogP contribution in [0.3, 0.4) is 0 Å². The lowest BCUT2D eigenvalue weighted by Gasteiger charge is -2.32. The molecular weight excluding hydrogens is 522 g/mol. The normalized spacial score (nSPS) is 12.0. The molecule has 9 heteroatoms. The summed E-state index contributed by atoms with van der Waals surface area (Å²) in [5.74, 6) is -0.779. The number of carbonyl (C=O) groups excluding carboxylic acids is 2. The number of rotatable bonds is 12. The second-order valence-corrected chi connectivity index (χ2v) is 11.4. The van der Waals surface area contributed by atoms with Crippen LogP contribution < -0.4 is 9.62 Å². The number of unbranched alkanes of at least 4 members (excludes halogenated alkanes) is 1. The van der Waals surface area contributed by atoms with Crippen LogP contribution in [0.5, 0.6) is 0 Å². The van der Waals surface area contributed by atoms with E-state index >= 15 is 0 Å². The summed E-state index contributed by atoms with van der Waals surface area (Å²) in [7, 11) is -4.13. The highest BCUT2D eigenvalue weighted by Gasteiger charge is 2.33. The third-order valence-electron chi connectivity index (χ3n) is 6.26. The molecule has 3 aromatic carbocycles. The second-order valence-electron chi connectivity index (χ2n) is 9.08. The fourth-order valence-electron chi connectivity index (χ4n) is 3.99.